The van der Waals surface area contributed by atoms with E-state index >= 15 is 0 Å². The average molecular weight is 213 g/mol. The maximum atomic E-state index is 12.2. The van der Waals surface area contributed by atoms with Crippen LogP contribution in [-0.4, -0.2) is 55.0 Å². The van der Waals surface area contributed by atoms with Crippen LogP contribution >= 0.6 is 0 Å². The zero-order valence-electron chi connectivity index (χ0n) is 10.2. The molecule has 0 radical (unpaired) electrons. The van der Waals surface area contributed by atoms with Crippen LogP contribution in [0, 0.1) is 5.92 Å². The first-order valence-corrected chi connectivity index (χ1v) is 5.64. The van der Waals surface area contributed by atoms with Crippen LogP contribution in [-0.2, 0) is 4.79 Å². The molecule has 1 aliphatic heterocycles. The molecule has 0 aromatic carbocycles. The zero-order valence-corrected chi connectivity index (χ0v) is 10.2. The summed E-state index contributed by atoms with van der Waals surface area (Å²) in [6, 6.07) is 0.152. The van der Waals surface area contributed by atoms with Crippen molar-refractivity contribution in [2.24, 2.45) is 11.7 Å². The molecule has 1 aliphatic rings. The van der Waals surface area contributed by atoms with E-state index in [0.717, 1.165) is 19.5 Å². The monoisotopic (exact) mass is 213 g/mol. The first-order chi connectivity index (χ1) is 6.93. The van der Waals surface area contributed by atoms with Gasteiger partial charge in [-0.25, -0.2) is 0 Å². The summed E-state index contributed by atoms with van der Waals surface area (Å²) in [5, 5.41) is 0. The Bertz CT molecular complexity index is 220. The molecule has 88 valence electrons. The minimum Gasteiger partial charge on any atom is -0.340 e. The number of hydrogen-bond donors (Lipinski definition) is 1. The van der Waals surface area contributed by atoms with Gasteiger partial charge in [0.1, 0.15) is 0 Å². The van der Waals surface area contributed by atoms with E-state index in [0.29, 0.717) is 5.92 Å². The van der Waals surface area contributed by atoms with Gasteiger partial charge in [0.15, 0.2) is 0 Å². The number of hydrogen-bond acceptors (Lipinski definition) is 3. The van der Waals surface area contributed by atoms with Gasteiger partial charge in [0.2, 0.25) is 5.91 Å². The summed E-state index contributed by atoms with van der Waals surface area (Å²) in [7, 11) is 3.91. The third-order valence-corrected chi connectivity index (χ3v) is 2.98. The minimum atomic E-state index is -0.0182. The molecule has 0 aromatic heterocycles. The highest BCUT2D eigenvalue weighted by Crippen LogP contribution is 2.15. The fraction of sp³-hybridized carbons (Fsp3) is 0.909. The van der Waals surface area contributed by atoms with E-state index in [9.17, 15) is 4.79 Å². The highest BCUT2D eigenvalue weighted by molar-refractivity contribution is 5.82. The second kappa shape index (κ2) is 4.94. The Balaban J connectivity index is 2.64. The van der Waals surface area contributed by atoms with E-state index in [1.807, 2.05) is 23.9 Å². The van der Waals surface area contributed by atoms with Crippen molar-refractivity contribution in [1.82, 2.24) is 9.80 Å². The van der Waals surface area contributed by atoms with Crippen LogP contribution < -0.4 is 5.73 Å². The fourth-order valence-electron chi connectivity index (χ4n) is 2.28. The van der Waals surface area contributed by atoms with Gasteiger partial charge in [-0.15, -0.1) is 0 Å². The summed E-state index contributed by atoms with van der Waals surface area (Å²) < 4.78 is 0. The number of likely N-dealkylation sites (tertiary alicyclic amines) is 1. The van der Waals surface area contributed by atoms with Crippen molar-refractivity contribution in [2.45, 2.75) is 32.4 Å². The topological polar surface area (TPSA) is 49.6 Å². The van der Waals surface area contributed by atoms with Crippen LogP contribution in [0.25, 0.3) is 0 Å². The summed E-state index contributed by atoms with van der Waals surface area (Å²) in [6.45, 7) is 5.70. The van der Waals surface area contributed by atoms with Crippen molar-refractivity contribution in [3.05, 3.63) is 0 Å². The summed E-state index contributed by atoms with van der Waals surface area (Å²) in [4.78, 5) is 16.1. The quantitative estimate of drug-likeness (QED) is 0.725. The molecule has 0 aliphatic carbocycles. The van der Waals surface area contributed by atoms with Gasteiger partial charge < -0.3 is 10.6 Å². The standard InChI is InChI=1S/C11H23N3O/c1-8(2)10(13(3)4)11(15)14-6-5-9(12)7-14/h8-10H,5-7,12H2,1-4H3/t9-,10?/m1/s1. The Morgan fingerprint density at radius 3 is 2.40 bits per heavy atom. The van der Waals surface area contributed by atoms with Crippen LogP contribution in [0.1, 0.15) is 20.3 Å². The summed E-state index contributed by atoms with van der Waals surface area (Å²) >= 11 is 0. The molecule has 1 heterocycles. The number of nitrogens with two attached hydrogens (primary N) is 1. The van der Waals surface area contributed by atoms with Crippen LogP contribution in [0.15, 0.2) is 0 Å². The second-order valence-electron chi connectivity index (χ2n) is 4.99. The third-order valence-electron chi connectivity index (χ3n) is 2.98. The highest BCUT2D eigenvalue weighted by Gasteiger charge is 2.32. The van der Waals surface area contributed by atoms with Gasteiger partial charge in [0, 0.05) is 19.1 Å². The molecule has 1 fully saturated rings. The zero-order chi connectivity index (χ0) is 11.6. The second-order valence-corrected chi connectivity index (χ2v) is 4.99. The lowest BCUT2D eigenvalue weighted by atomic mass is 10.0. The van der Waals surface area contributed by atoms with Crippen molar-refractivity contribution in [1.29, 1.82) is 0 Å². The van der Waals surface area contributed by atoms with Gasteiger partial charge in [-0.2, -0.15) is 0 Å². The largest absolute Gasteiger partial charge is 0.340 e. The summed E-state index contributed by atoms with van der Waals surface area (Å²) in [6.07, 6.45) is 0.935. The maximum Gasteiger partial charge on any atom is 0.240 e. The molecule has 1 saturated heterocycles. The molecule has 0 spiro atoms. The van der Waals surface area contributed by atoms with Crippen LogP contribution in [0.3, 0.4) is 0 Å². The van der Waals surface area contributed by atoms with Crippen molar-refractivity contribution in [3.63, 3.8) is 0 Å². The van der Waals surface area contributed by atoms with Crippen LogP contribution in [0.4, 0.5) is 0 Å². The first kappa shape index (κ1) is 12.5. The molecular weight excluding hydrogens is 190 g/mol. The summed E-state index contributed by atoms with van der Waals surface area (Å²) in [5.74, 6) is 0.562. The van der Waals surface area contributed by atoms with E-state index in [2.05, 4.69) is 13.8 Å². The molecule has 15 heavy (non-hydrogen) atoms. The number of carbonyl (C=O) groups excluding carboxylic acids is 1. The molecule has 4 heteroatoms. The van der Waals surface area contributed by atoms with Gasteiger partial charge in [0.05, 0.1) is 6.04 Å². The fourth-order valence-corrected chi connectivity index (χ4v) is 2.28. The Labute approximate surface area is 92.4 Å². The van der Waals surface area contributed by atoms with E-state index < -0.39 is 0 Å². The van der Waals surface area contributed by atoms with E-state index in [-0.39, 0.29) is 18.0 Å². The predicted octanol–water partition coefficient (Wildman–Crippen LogP) is 0.132. The lowest BCUT2D eigenvalue weighted by molar-refractivity contribution is -0.136. The van der Waals surface area contributed by atoms with Crippen molar-refractivity contribution in [3.8, 4) is 0 Å². The molecule has 1 rings (SSSR count). The lowest BCUT2D eigenvalue weighted by Gasteiger charge is -2.30. The van der Waals surface area contributed by atoms with Gasteiger partial charge in [-0.1, -0.05) is 13.8 Å². The van der Waals surface area contributed by atoms with Gasteiger partial charge >= 0.3 is 0 Å². The van der Waals surface area contributed by atoms with Crippen LogP contribution in [0.2, 0.25) is 0 Å². The van der Waals surface area contributed by atoms with Crippen LogP contribution in [0.5, 0.6) is 0 Å². The third kappa shape index (κ3) is 2.92. The molecule has 2 N–H and O–H groups in total. The Morgan fingerprint density at radius 2 is 2.07 bits per heavy atom. The molecule has 0 bridgehead atoms. The Morgan fingerprint density at radius 1 is 1.47 bits per heavy atom. The van der Waals surface area contributed by atoms with Crippen molar-refractivity contribution in [2.75, 3.05) is 27.2 Å². The van der Waals surface area contributed by atoms with Crippen molar-refractivity contribution < 1.29 is 4.79 Å². The van der Waals surface area contributed by atoms with Gasteiger partial charge in [-0.3, -0.25) is 9.69 Å². The number of rotatable bonds is 3. The average Bonchev–Trinajstić information content (AvgIpc) is 2.50. The van der Waals surface area contributed by atoms with Gasteiger partial charge in [-0.05, 0) is 26.4 Å². The number of nitrogens with zero attached hydrogens (tertiary/aromatic N) is 2. The minimum absolute atomic E-state index is 0.0182. The van der Waals surface area contributed by atoms with E-state index in [1.54, 1.807) is 0 Å². The number of carbonyl (C=O) groups is 1. The van der Waals surface area contributed by atoms with Crippen molar-refractivity contribution >= 4 is 5.91 Å². The van der Waals surface area contributed by atoms with E-state index in [4.69, 9.17) is 5.73 Å². The first-order valence-electron chi connectivity index (χ1n) is 5.64. The Kier molecular flexibility index (Phi) is 4.11. The maximum absolute atomic E-state index is 12.2. The Hall–Kier alpha value is -0.610. The molecule has 0 aromatic rings. The van der Waals surface area contributed by atoms with Gasteiger partial charge in [0.25, 0.3) is 0 Å². The van der Waals surface area contributed by atoms with E-state index in [1.165, 1.54) is 0 Å². The normalized spacial score (nSPS) is 23.9. The summed E-state index contributed by atoms with van der Waals surface area (Å²) in [5.41, 5.74) is 5.81. The highest BCUT2D eigenvalue weighted by atomic mass is 16.2. The molecule has 1 unspecified atom stereocenters. The lowest BCUT2D eigenvalue weighted by Crippen LogP contribution is -2.48. The molecule has 4 nitrogen and oxygen atoms in total. The molecule has 2 atom stereocenters. The number of likely N-dealkylation sites (N-methyl/N-ethyl adjacent to an activating group) is 1. The predicted molar refractivity (Wildman–Crippen MR) is 61.5 cm³/mol. The molecular formula is C11H23N3O. The molecule has 1 amide bonds. The smallest absolute Gasteiger partial charge is 0.240 e. The SMILES string of the molecule is CC(C)C(C(=O)N1CC[C@@H](N)C1)N(C)C. The number of amides is 1. The molecule has 0 saturated carbocycles.